The Morgan fingerprint density at radius 1 is 1.73 bits per heavy atom. The number of hydrogen-bond acceptors (Lipinski definition) is 1. The summed E-state index contributed by atoms with van der Waals surface area (Å²) in [6.07, 6.45) is 7.08. The SMILES string of the molecule is C=CC1(CC)CCCC(C)O1. The molecule has 1 nitrogen and oxygen atoms in total. The second-order valence-corrected chi connectivity index (χ2v) is 3.44. The molecule has 1 heterocycles. The average Bonchev–Trinajstić information content (AvgIpc) is 2.04. The monoisotopic (exact) mass is 154 g/mol. The zero-order chi connectivity index (χ0) is 8.32. The van der Waals surface area contributed by atoms with E-state index in [2.05, 4.69) is 20.4 Å². The van der Waals surface area contributed by atoms with Crippen molar-refractivity contribution in [2.24, 2.45) is 0 Å². The minimum Gasteiger partial charge on any atom is -0.368 e. The highest BCUT2D eigenvalue weighted by Gasteiger charge is 2.30. The molecule has 2 atom stereocenters. The van der Waals surface area contributed by atoms with Crippen LogP contribution in [0.1, 0.15) is 39.5 Å². The fraction of sp³-hybridized carbons (Fsp3) is 0.800. The predicted molar refractivity (Wildman–Crippen MR) is 47.6 cm³/mol. The average molecular weight is 154 g/mol. The van der Waals surface area contributed by atoms with Crippen molar-refractivity contribution >= 4 is 0 Å². The molecule has 0 amide bonds. The lowest BCUT2D eigenvalue weighted by atomic mass is 9.89. The van der Waals surface area contributed by atoms with Crippen LogP contribution in [0, 0.1) is 0 Å². The van der Waals surface area contributed by atoms with Gasteiger partial charge in [0.25, 0.3) is 0 Å². The molecular weight excluding hydrogens is 136 g/mol. The van der Waals surface area contributed by atoms with Crippen molar-refractivity contribution in [3.05, 3.63) is 12.7 Å². The lowest BCUT2D eigenvalue weighted by Gasteiger charge is -2.37. The summed E-state index contributed by atoms with van der Waals surface area (Å²) < 4.78 is 5.85. The molecule has 1 fully saturated rings. The van der Waals surface area contributed by atoms with Crippen molar-refractivity contribution < 1.29 is 4.74 Å². The predicted octanol–water partition coefficient (Wildman–Crippen LogP) is 2.91. The molecule has 0 saturated carbocycles. The number of hydrogen-bond donors (Lipinski definition) is 0. The third-order valence-corrected chi connectivity index (χ3v) is 2.62. The molecular formula is C10H18O. The van der Waals surface area contributed by atoms with Crippen LogP contribution in [-0.4, -0.2) is 11.7 Å². The van der Waals surface area contributed by atoms with Gasteiger partial charge < -0.3 is 4.74 Å². The van der Waals surface area contributed by atoms with Crippen LogP contribution < -0.4 is 0 Å². The van der Waals surface area contributed by atoms with Crippen LogP contribution in [0.15, 0.2) is 12.7 Å². The van der Waals surface area contributed by atoms with Gasteiger partial charge in [0.1, 0.15) is 0 Å². The van der Waals surface area contributed by atoms with Gasteiger partial charge in [-0.2, -0.15) is 0 Å². The van der Waals surface area contributed by atoms with Crippen LogP contribution in [-0.2, 0) is 4.74 Å². The van der Waals surface area contributed by atoms with Gasteiger partial charge >= 0.3 is 0 Å². The first kappa shape index (κ1) is 8.79. The minimum atomic E-state index is -0.00231. The largest absolute Gasteiger partial charge is 0.368 e. The number of rotatable bonds is 2. The van der Waals surface area contributed by atoms with E-state index < -0.39 is 0 Å². The van der Waals surface area contributed by atoms with Crippen LogP contribution in [0.4, 0.5) is 0 Å². The minimum absolute atomic E-state index is 0.00231. The Hall–Kier alpha value is -0.300. The Bertz CT molecular complexity index is 142. The van der Waals surface area contributed by atoms with E-state index in [4.69, 9.17) is 4.74 Å². The zero-order valence-electron chi connectivity index (χ0n) is 7.60. The Morgan fingerprint density at radius 2 is 2.45 bits per heavy atom. The lowest BCUT2D eigenvalue weighted by Crippen LogP contribution is -2.37. The first-order valence-electron chi connectivity index (χ1n) is 4.54. The van der Waals surface area contributed by atoms with E-state index in [9.17, 15) is 0 Å². The maximum atomic E-state index is 5.85. The van der Waals surface area contributed by atoms with Crippen molar-refractivity contribution in [1.29, 1.82) is 0 Å². The highest BCUT2D eigenvalue weighted by molar-refractivity contribution is 4.98. The van der Waals surface area contributed by atoms with Crippen molar-refractivity contribution in [3.63, 3.8) is 0 Å². The van der Waals surface area contributed by atoms with E-state index >= 15 is 0 Å². The van der Waals surface area contributed by atoms with Crippen molar-refractivity contribution in [3.8, 4) is 0 Å². The van der Waals surface area contributed by atoms with E-state index in [1.165, 1.54) is 12.8 Å². The second-order valence-electron chi connectivity index (χ2n) is 3.44. The van der Waals surface area contributed by atoms with Crippen molar-refractivity contribution in [2.45, 2.75) is 51.2 Å². The highest BCUT2D eigenvalue weighted by atomic mass is 16.5. The summed E-state index contributed by atoms with van der Waals surface area (Å²) in [6.45, 7) is 8.15. The standard InChI is InChI=1S/C10H18O/c1-4-10(5-2)8-6-7-9(3)11-10/h4,9H,1,5-8H2,2-3H3. The summed E-state index contributed by atoms with van der Waals surface area (Å²) in [7, 11) is 0. The molecule has 0 aromatic heterocycles. The highest BCUT2D eigenvalue weighted by Crippen LogP contribution is 2.32. The van der Waals surface area contributed by atoms with Gasteiger partial charge in [-0.05, 0) is 32.6 Å². The molecule has 0 bridgehead atoms. The van der Waals surface area contributed by atoms with Crippen LogP contribution in [0.5, 0.6) is 0 Å². The molecule has 0 radical (unpaired) electrons. The summed E-state index contributed by atoms with van der Waals surface area (Å²) in [5, 5.41) is 0. The van der Waals surface area contributed by atoms with Gasteiger partial charge in [-0.15, -0.1) is 6.58 Å². The summed E-state index contributed by atoms with van der Waals surface area (Å²) in [5.74, 6) is 0. The molecule has 11 heavy (non-hydrogen) atoms. The van der Waals surface area contributed by atoms with Crippen molar-refractivity contribution in [2.75, 3.05) is 0 Å². The van der Waals surface area contributed by atoms with Gasteiger partial charge in [0.15, 0.2) is 0 Å². The van der Waals surface area contributed by atoms with Crippen molar-refractivity contribution in [1.82, 2.24) is 0 Å². The quantitative estimate of drug-likeness (QED) is 0.556. The normalized spacial score (nSPS) is 38.5. The van der Waals surface area contributed by atoms with Gasteiger partial charge in [0.2, 0.25) is 0 Å². The Kier molecular flexibility index (Phi) is 2.72. The van der Waals surface area contributed by atoms with Gasteiger partial charge in [-0.25, -0.2) is 0 Å². The molecule has 2 unspecified atom stereocenters. The van der Waals surface area contributed by atoms with Crippen LogP contribution in [0.2, 0.25) is 0 Å². The third kappa shape index (κ3) is 1.84. The van der Waals surface area contributed by atoms with Gasteiger partial charge in [-0.1, -0.05) is 13.0 Å². The molecule has 0 N–H and O–H groups in total. The maximum Gasteiger partial charge on any atom is 0.0860 e. The second kappa shape index (κ2) is 3.40. The lowest BCUT2D eigenvalue weighted by molar-refractivity contribution is -0.0922. The summed E-state index contributed by atoms with van der Waals surface area (Å²) in [6, 6.07) is 0. The molecule has 1 saturated heterocycles. The molecule has 0 aliphatic carbocycles. The molecule has 1 aliphatic rings. The zero-order valence-corrected chi connectivity index (χ0v) is 7.60. The van der Waals surface area contributed by atoms with Gasteiger partial charge in [0.05, 0.1) is 11.7 Å². The molecule has 1 heteroatoms. The van der Waals surface area contributed by atoms with E-state index in [0.29, 0.717) is 6.10 Å². The Morgan fingerprint density at radius 3 is 2.82 bits per heavy atom. The fourth-order valence-corrected chi connectivity index (χ4v) is 1.76. The summed E-state index contributed by atoms with van der Waals surface area (Å²) in [4.78, 5) is 0. The van der Waals surface area contributed by atoms with Gasteiger partial charge in [0, 0.05) is 0 Å². The first-order valence-corrected chi connectivity index (χ1v) is 4.54. The molecule has 0 aromatic carbocycles. The molecule has 0 aromatic rings. The molecule has 1 rings (SSSR count). The first-order chi connectivity index (χ1) is 5.22. The van der Waals surface area contributed by atoms with Crippen LogP contribution >= 0.6 is 0 Å². The van der Waals surface area contributed by atoms with E-state index in [1.807, 2.05) is 6.08 Å². The smallest absolute Gasteiger partial charge is 0.0860 e. The molecule has 0 spiro atoms. The van der Waals surface area contributed by atoms with E-state index in [-0.39, 0.29) is 5.60 Å². The number of ether oxygens (including phenoxy) is 1. The van der Waals surface area contributed by atoms with E-state index in [1.54, 1.807) is 0 Å². The summed E-state index contributed by atoms with van der Waals surface area (Å²) in [5.41, 5.74) is -0.00231. The Labute approximate surface area is 69.4 Å². The molecule has 64 valence electrons. The van der Waals surface area contributed by atoms with Gasteiger partial charge in [-0.3, -0.25) is 0 Å². The topological polar surface area (TPSA) is 9.23 Å². The van der Waals surface area contributed by atoms with E-state index in [0.717, 1.165) is 12.8 Å². The summed E-state index contributed by atoms with van der Waals surface area (Å²) >= 11 is 0. The molecule has 1 aliphatic heterocycles. The van der Waals surface area contributed by atoms with Crippen LogP contribution in [0.25, 0.3) is 0 Å². The fourth-order valence-electron chi connectivity index (χ4n) is 1.76. The third-order valence-electron chi connectivity index (χ3n) is 2.62. The maximum absolute atomic E-state index is 5.85. The Balaban J connectivity index is 2.59. The van der Waals surface area contributed by atoms with Crippen LogP contribution in [0.3, 0.4) is 0 Å².